The van der Waals surface area contributed by atoms with Crippen molar-refractivity contribution in [1.82, 2.24) is 0 Å². The predicted molar refractivity (Wildman–Crippen MR) is 46.5 cm³/mol. The van der Waals surface area contributed by atoms with Gasteiger partial charge in [-0.1, -0.05) is 30.3 Å². The Labute approximate surface area is 79.8 Å². The maximum atomic E-state index is 11.6. The zero-order chi connectivity index (χ0) is 10.4. The van der Waals surface area contributed by atoms with Crippen LogP contribution in [0.25, 0.3) is 0 Å². The topological polar surface area (TPSA) is 26.3 Å². The summed E-state index contributed by atoms with van der Waals surface area (Å²) in [6.07, 6.45) is -1.90. The molecule has 14 heavy (non-hydrogen) atoms. The van der Waals surface area contributed by atoms with Crippen LogP contribution in [0.15, 0.2) is 42.5 Å². The largest absolute Gasteiger partial charge is 0.458 e. The van der Waals surface area contributed by atoms with Crippen LogP contribution >= 0.6 is 0 Å². The highest BCUT2D eigenvalue weighted by molar-refractivity contribution is 5.82. The Morgan fingerprint density at radius 3 is 2.50 bits per heavy atom. The Hall–Kier alpha value is -1.71. The van der Waals surface area contributed by atoms with E-state index in [-0.39, 0.29) is 12.7 Å². The van der Waals surface area contributed by atoms with Crippen molar-refractivity contribution in [3.8, 4) is 0 Å². The fraction of sp³-hybridized carbons (Fsp3) is 0.100. The van der Waals surface area contributed by atoms with Gasteiger partial charge in [-0.3, -0.25) is 0 Å². The van der Waals surface area contributed by atoms with Crippen molar-refractivity contribution >= 4 is 5.97 Å². The number of hydrogen-bond acceptors (Lipinski definition) is 2. The second-order valence-electron chi connectivity index (χ2n) is 2.53. The summed E-state index contributed by atoms with van der Waals surface area (Å²) in [5, 5.41) is 0. The molecule has 4 heteroatoms. The highest BCUT2D eigenvalue weighted by atomic mass is 19.3. The molecule has 0 amide bonds. The number of halogens is 2. The minimum absolute atomic E-state index is 0.00343. The van der Waals surface area contributed by atoms with Gasteiger partial charge in [0.2, 0.25) is 0 Å². The van der Waals surface area contributed by atoms with Crippen molar-refractivity contribution in [1.29, 1.82) is 0 Å². The fourth-order valence-corrected chi connectivity index (χ4v) is 0.859. The van der Waals surface area contributed by atoms with Gasteiger partial charge in [-0.05, 0) is 5.56 Å². The Morgan fingerprint density at radius 2 is 1.93 bits per heavy atom. The first-order valence-electron chi connectivity index (χ1n) is 3.92. The number of carbonyl (C=O) groups is 1. The molecule has 0 aliphatic carbocycles. The molecule has 74 valence electrons. The summed E-state index contributed by atoms with van der Waals surface area (Å²) < 4.78 is 27.7. The first-order valence-corrected chi connectivity index (χ1v) is 3.92. The van der Waals surface area contributed by atoms with Gasteiger partial charge in [-0.2, -0.15) is 8.78 Å². The summed E-state index contributed by atoms with van der Waals surface area (Å²) in [6.45, 7) is 0.00343. The summed E-state index contributed by atoms with van der Waals surface area (Å²) in [7, 11) is 0. The quantitative estimate of drug-likeness (QED) is 0.551. The van der Waals surface area contributed by atoms with Crippen LogP contribution in [0.1, 0.15) is 5.56 Å². The predicted octanol–water partition coefficient (Wildman–Crippen LogP) is 2.51. The Bertz CT molecular complexity index is 329. The molecule has 0 saturated carbocycles. The highest BCUT2D eigenvalue weighted by Gasteiger charge is 2.01. The maximum Gasteiger partial charge on any atom is 0.336 e. The molecule has 0 spiro atoms. The second-order valence-corrected chi connectivity index (χ2v) is 2.53. The van der Waals surface area contributed by atoms with Crippen LogP contribution in [0.4, 0.5) is 8.78 Å². The molecule has 0 radical (unpaired) electrons. The summed E-state index contributed by atoms with van der Waals surface area (Å²) in [5.74, 6) is -1.03. The van der Waals surface area contributed by atoms with E-state index in [1.165, 1.54) is 0 Å². The summed E-state index contributed by atoms with van der Waals surface area (Å²) in [4.78, 5) is 10.6. The standard InChI is InChI=1S/C10H8F2O2/c11-9(12)6-10(13)14-7-8-4-2-1-3-5-8/h1-6H,7H2. The van der Waals surface area contributed by atoms with Gasteiger partial charge < -0.3 is 4.74 Å². The molecule has 0 fully saturated rings. The van der Waals surface area contributed by atoms with Crippen molar-refractivity contribution in [2.75, 3.05) is 0 Å². The Kier molecular flexibility index (Phi) is 3.79. The van der Waals surface area contributed by atoms with E-state index < -0.39 is 12.0 Å². The van der Waals surface area contributed by atoms with Crippen molar-refractivity contribution in [3.63, 3.8) is 0 Å². The third-order valence-corrected chi connectivity index (χ3v) is 1.45. The monoisotopic (exact) mass is 198 g/mol. The van der Waals surface area contributed by atoms with Gasteiger partial charge >= 0.3 is 5.97 Å². The summed E-state index contributed by atoms with van der Waals surface area (Å²) in [6, 6.07) is 8.83. The van der Waals surface area contributed by atoms with Crippen molar-refractivity contribution in [3.05, 3.63) is 48.1 Å². The lowest BCUT2D eigenvalue weighted by molar-refractivity contribution is -0.139. The maximum absolute atomic E-state index is 11.6. The molecule has 0 saturated heterocycles. The van der Waals surface area contributed by atoms with Crippen LogP contribution in [0.3, 0.4) is 0 Å². The number of ether oxygens (including phenoxy) is 1. The first-order chi connectivity index (χ1) is 6.68. The molecular weight excluding hydrogens is 190 g/mol. The molecule has 1 aromatic rings. The van der Waals surface area contributed by atoms with Gasteiger partial charge in [0.1, 0.15) is 6.61 Å². The number of carbonyl (C=O) groups excluding carboxylic acids is 1. The normalized spacial score (nSPS) is 9.29. The lowest BCUT2D eigenvalue weighted by Gasteiger charge is -2.00. The van der Waals surface area contributed by atoms with Gasteiger partial charge in [0.25, 0.3) is 6.08 Å². The van der Waals surface area contributed by atoms with E-state index in [1.807, 2.05) is 6.07 Å². The number of esters is 1. The minimum Gasteiger partial charge on any atom is -0.458 e. The lowest BCUT2D eigenvalue weighted by atomic mass is 10.2. The van der Waals surface area contributed by atoms with Crippen LogP contribution < -0.4 is 0 Å². The molecule has 0 unspecified atom stereocenters. The summed E-state index contributed by atoms with van der Waals surface area (Å²) >= 11 is 0. The molecule has 0 heterocycles. The molecule has 0 atom stereocenters. The van der Waals surface area contributed by atoms with Gasteiger partial charge in [0, 0.05) is 0 Å². The minimum atomic E-state index is -2.05. The number of benzene rings is 1. The van der Waals surface area contributed by atoms with Gasteiger partial charge in [0.05, 0.1) is 6.08 Å². The molecule has 2 nitrogen and oxygen atoms in total. The van der Waals surface area contributed by atoms with E-state index in [1.54, 1.807) is 24.3 Å². The van der Waals surface area contributed by atoms with Crippen LogP contribution in [-0.2, 0) is 16.1 Å². The zero-order valence-corrected chi connectivity index (χ0v) is 7.24. The molecule has 0 bridgehead atoms. The van der Waals surface area contributed by atoms with E-state index >= 15 is 0 Å². The van der Waals surface area contributed by atoms with Crippen LogP contribution in [0.2, 0.25) is 0 Å². The Balaban J connectivity index is 2.42. The van der Waals surface area contributed by atoms with Gasteiger partial charge in [-0.15, -0.1) is 0 Å². The second kappa shape index (κ2) is 5.11. The molecule has 1 rings (SSSR count). The third kappa shape index (κ3) is 3.80. The summed E-state index contributed by atoms with van der Waals surface area (Å²) in [5.41, 5.74) is 0.758. The van der Waals surface area contributed by atoms with E-state index in [0.29, 0.717) is 0 Å². The van der Waals surface area contributed by atoms with E-state index in [0.717, 1.165) is 5.56 Å². The van der Waals surface area contributed by atoms with Crippen LogP contribution in [0.5, 0.6) is 0 Å². The Morgan fingerprint density at radius 1 is 1.29 bits per heavy atom. The van der Waals surface area contributed by atoms with Gasteiger partial charge in [-0.25, -0.2) is 4.79 Å². The lowest BCUT2D eigenvalue weighted by Crippen LogP contribution is -2.00. The molecule has 1 aromatic carbocycles. The van der Waals surface area contributed by atoms with E-state index in [4.69, 9.17) is 0 Å². The van der Waals surface area contributed by atoms with E-state index in [2.05, 4.69) is 4.74 Å². The molecule has 0 aliphatic heterocycles. The van der Waals surface area contributed by atoms with Crippen LogP contribution in [0, 0.1) is 0 Å². The zero-order valence-electron chi connectivity index (χ0n) is 7.24. The molecular formula is C10H8F2O2. The molecule has 0 N–H and O–H groups in total. The average Bonchev–Trinajstić information content (AvgIpc) is 2.15. The molecule has 0 aliphatic rings. The third-order valence-electron chi connectivity index (χ3n) is 1.45. The van der Waals surface area contributed by atoms with Crippen LogP contribution in [-0.4, -0.2) is 5.97 Å². The number of hydrogen-bond donors (Lipinski definition) is 0. The number of rotatable bonds is 3. The SMILES string of the molecule is O=C(C=C(F)F)OCc1ccccc1. The fourth-order valence-electron chi connectivity index (χ4n) is 0.859. The van der Waals surface area contributed by atoms with Crippen molar-refractivity contribution in [2.24, 2.45) is 0 Å². The van der Waals surface area contributed by atoms with E-state index in [9.17, 15) is 13.6 Å². The average molecular weight is 198 g/mol. The smallest absolute Gasteiger partial charge is 0.336 e. The van der Waals surface area contributed by atoms with Crippen molar-refractivity contribution < 1.29 is 18.3 Å². The van der Waals surface area contributed by atoms with Crippen molar-refractivity contribution in [2.45, 2.75) is 6.61 Å². The highest BCUT2D eigenvalue weighted by Crippen LogP contribution is 2.02. The van der Waals surface area contributed by atoms with Gasteiger partial charge in [0.15, 0.2) is 0 Å². The molecule has 0 aromatic heterocycles. The first kappa shape index (κ1) is 10.4.